The molecule has 0 saturated heterocycles. The highest BCUT2D eigenvalue weighted by Crippen LogP contribution is 2.28. The first kappa shape index (κ1) is 15.7. The molecular formula is C10H10Cl2F3N3O. The molecule has 106 valence electrons. The molecule has 0 aliphatic carbocycles. The zero-order chi connectivity index (χ0) is 14.6. The minimum Gasteiger partial charge on any atom is -0.409 e. The third-order valence-corrected chi connectivity index (χ3v) is 2.68. The second kappa shape index (κ2) is 6.21. The van der Waals surface area contributed by atoms with Gasteiger partial charge in [-0.1, -0.05) is 28.4 Å². The largest absolute Gasteiger partial charge is 0.409 e. The van der Waals surface area contributed by atoms with Gasteiger partial charge in [-0.15, -0.1) is 0 Å². The molecule has 0 heterocycles. The van der Waals surface area contributed by atoms with Crippen LogP contribution in [0.15, 0.2) is 23.4 Å². The van der Waals surface area contributed by atoms with Crippen molar-refractivity contribution in [2.75, 3.05) is 11.9 Å². The fourth-order valence-corrected chi connectivity index (χ4v) is 1.86. The quantitative estimate of drug-likeness (QED) is 0.345. The highest BCUT2D eigenvalue weighted by atomic mass is 35.5. The van der Waals surface area contributed by atoms with Crippen LogP contribution >= 0.6 is 23.2 Å². The van der Waals surface area contributed by atoms with E-state index < -0.39 is 24.5 Å². The number of hydrogen-bond acceptors (Lipinski definition) is 3. The van der Waals surface area contributed by atoms with E-state index in [9.17, 15) is 13.2 Å². The van der Waals surface area contributed by atoms with Gasteiger partial charge in [0.1, 0.15) is 5.92 Å². The Morgan fingerprint density at radius 1 is 1.32 bits per heavy atom. The van der Waals surface area contributed by atoms with Gasteiger partial charge in [0.15, 0.2) is 5.84 Å². The van der Waals surface area contributed by atoms with Gasteiger partial charge in [0.25, 0.3) is 0 Å². The number of halogens is 5. The van der Waals surface area contributed by atoms with E-state index in [2.05, 4.69) is 10.5 Å². The molecule has 0 saturated carbocycles. The molecule has 0 aromatic heterocycles. The van der Waals surface area contributed by atoms with Crippen LogP contribution in [-0.4, -0.2) is 23.8 Å². The number of nitrogens with zero attached hydrogens (tertiary/aromatic N) is 1. The van der Waals surface area contributed by atoms with Crippen molar-refractivity contribution in [3.05, 3.63) is 28.2 Å². The molecule has 1 unspecified atom stereocenters. The van der Waals surface area contributed by atoms with E-state index >= 15 is 0 Å². The van der Waals surface area contributed by atoms with Gasteiger partial charge in [-0.2, -0.15) is 13.2 Å². The molecule has 0 radical (unpaired) electrons. The van der Waals surface area contributed by atoms with Crippen LogP contribution in [0.3, 0.4) is 0 Å². The minimum absolute atomic E-state index is 0.280. The van der Waals surface area contributed by atoms with Crippen molar-refractivity contribution in [1.29, 1.82) is 0 Å². The molecule has 1 aromatic carbocycles. The molecule has 19 heavy (non-hydrogen) atoms. The van der Waals surface area contributed by atoms with Crippen molar-refractivity contribution in [3.63, 3.8) is 0 Å². The summed E-state index contributed by atoms with van der Waals surface area (Å²) in [6.07, 6.45) is -4.63. The van der Waals surface area contributed by atoms with Gasteiger partial charge in [-0.05, 0) is 18.2 Å². The second-order valence-electron chi connectivity index (χ2n) is 3.66. The lowest BCUT2D eigenvalue weighted by atomic mass is 10.1. The molecular weight excluding hydrogens is 306 g/mol. The van der Waals surface area contributed by atoms with E-state index in [0.29, 0.717) is 5.69 Å². The summed E-state index contributed by atoms with van der Waals surface area (Å²) in [7, 11) is 0. The first-order chi connectivity index (χ1) is 8.74. The summed E-state index contributed by atoms with van der Waals surface area (Å²) in [5.74, 6) is -3.04. The Labute approximate surface area is 117 Å². The first-order valence-electron chi connectivity index (χ1n) is 4.98. The highest BCUT2D eigenvalue weighted by Gasteiger charge is 2.42. The normalized spacial score (nSPS) is 14.3. The fraction of sp³-hybridized carbons (Fsp3) is 0.300. The lowest BCUT2D eigenvalue weighted by Gasteiger charge is -2.20. The van der Waals surface area contributed by atoms with Crippen molar-refractivity contribution in [3.8, 4) is 0 Å². The number of alkyl halides is 3. The first-order valence-corrected chi connectivity index (χ1v) is 5.73. The van der Waals surface area contributed by atoms with Gasteiger partial charge >= 0.3 is 6.18 Å². The molecule has 9 heteroatoms. The maximum atomic E-state index is 12.7. The number of amidine groups is 1. The molecule has 1 aromatic rings. The van der Waals surface area contributed by atoms with E-state index in [4.69, 9.17) is 34.1 Å². The van der Waals surface area contributed by atoms with Crippen LogP contribution in [0.1, 0.15) is 0 Å². The number of nitrogens with two attached hydrogens (primary N) is 1. The highest BCUT2D eigenvalue weighted by molar-refractivity contribution is 6.35. The number of anilines is 1. The van der Waals surface area contributed by atoms with Gasteiger partial charge in [0.05, 0.1) is 0 Å². The standard InChI is InChI=1S/C10H10Cl2F3N3O/c11-5-1-6(12)3-7(2-5)17-4-8(9(16)18-19)10(13,14)15/h1-3,8,17,19H,4H2,(H2,16,18). The van der Waals surface area contributed by atoms with Crippen molar-refractivity contribution >= 4 is 34.7 Å². The average Bonchev–Trinajstić information content (AvgIpc) is 2.25. The smallest absolute Gasteiger partial charge is 0.400 e. The van der Waals surface area contributed by atoms with Crippen molar-refractivity contribution in [2.45, 2.75) is 6.18 Å². The van der Waals surface area contributed by atoms with Crippen molar-refractivity contribution < 1.29 is 18.4 Å². The van der Waals surface area contributed by atoms with Crippen LogP contribution in [0.25, 0.3) is 0 Å². The number of nitrogens with one attached hydrogen (secondary N) is 1. The summed E-state index contributed by atoms with van der Waals surface area (Å²) in [5.41, 5.74) is 5.32. The Bertz CT molecular complexity index is 459. The lowest BCUT2D eigenvalue weighted by Crippen LogP contribution is -2.40. The zero-order valence-electron chi connectivity index (χ0n) is 9.38. The molecule has 0 bridgehead atoms. The predicted molar refractivity (Wildman–Crippen MR) is 67.9 cm³/mol. The monoisotopic (exact) mass is 315 g/mol. The molecule has 0 aliphatic rings. The van der Waals surface area contributed by atoms with Gasteiger partial charge in [0, 0.05) is 22.3 Å². The summed E-state index contributed by atoms with van der Waals surface area (Å²) in [6.45, 7) is -0.601. The second-order valence-corrected chi connectivity index (χ2v) is 4.53. The molecule has 0 fully saturated rings. The molecule has 0 aliphatic heterocycles. The van der Waals surface area contributed by atoms with Crippen LogP contribution in [0.5, 0.6) is 0 Å². The summed E-state index contributed by atoms with van der Waals surface area (Å²) >= 11 is 11.4. The van der Waals surface area contributed by atoms with E-state index in [1.165, 1.54) is 18.2 Å². The van der Waals surface area contributed by atoms with E-state index in [1.54, 1.807) is 0 Å². The molecule has 0 amide bonds. The summed E-state index contributed by atoms with van der Waals surface area (Å²) in [6, 6.07) is 4.26. The summed E-state index contributed by atoms with van der Waals surface area (Å²) < 4.78 is 38.0. The van der Waals surface area contributed by atoms with Crippen LogP contribution < -0.4 is 11.1 Å². The van der Waals surface area contributed by atoms with E-state index in [-0.39, 0.29) is 10.0 Å². The van der Waals surface area contributed by atoms with Crippen molar-refractivity contribution in [1.82, 2.24) is 0 Å². The van der Waals surface area contributed by atoms with Crippen LogP contribution in [0.2, 0.25) is 10.0 Å². The Hall–Kier alpha value is -1.34. The molecule has 1 rings (SSSR count). The number of benzene rings is 1. The van der Waals surface area contributed by atoms with Crippen LogP contribution in [0.4, 0.5) is 18.9 Å². The number of oxime groups is 1. The predicted octanol–water partition coefficient (Wildman–Crippen LogP) is 3.33. The maximum Gasteiger partial charge on any atom is 0.400 e. The topological polar surface area (TPSA) is 70.6 Å². The molecule has 4 nitrogen and oxygen atoms in total. The molecule has 4 N–H and O–H groups in total. The van der Waals surface area contributed by atoms with Crippen LogP contribution in [0, 0.1) is 5.92 Å². The zero-order valence-corrected chi connectivity index (χ0v) is 10.9. The Balaban J connectivity index is 2.82. The van der Waals surface area contributed by atoms with E-state index in [0.717, 1.165) is 0 Å². The Kier molecular flexibility index (Phi) is 5.13. The summed E-state index contributed by atoms with van der Waals surface area (Å²) in [5, 5.41) is 13.8. The maximum absolute atomic E-state index is 12.7. The third-order valence-electron chi connectivity index (χ3n) is 2.24. The lowest BCUT2D eigenvalue weighted by molar-refractivity contribution is -0.152. The van der Waals surface area contributed by atoms with E-state index in [1.807, 2.05) is 0 Å². The summed E-state index contributed by atoms with van der Waals surface area (Å²) in [4.78, 5) is 0. The van der Waals surface area contributed by atoms with Gasteiger partial charge in [0.2, 0.25) is 0 Å². The van der Waals surface area contributed by atoms with Crippen LogP contribution in [-0.2, 0) is 0 Å². The van der Waals surface area contributed by atoms with Gasteiger partial charge in [-0.3, -0.25) is 0 Å². The molecule has 0 spiro atoms. The molecule has 1 atom stereocenters. The van der Waals surface area contributed by atoms with Gasteiger partial charge < -0.3 is 16.3 Å². The Morgan fingerprint density at radius 2 is 1.84 bits per heavy atom. The fourth-order valence-electron chi connectivity index (χ4n) is 1.33. The number of rotatable bonds is 4. The minimum atomic E-state index is -4.63. The number of hydrogen-bond donors (Lipinski definition) is 3. The SMILES string of the molecule is N/C(=N/O)C(CNc1cc(Cl)cc(Cl)c1)C(F)(F)F. The average molecular weight is 316 g/mol. The Morgan fingerprint density at radius 3 is 2.26 bits per heavy atom. The third kappa shape index (κ3) is 4.68. The van der Waals surface area contributed by atoms with Crippen molar-refractivity contribution in [2.24, 2.45) is 16.8 Å². The van der Waals surface area contributed by atoms with Gasteiger partial charge in [-0.25, -0.2) is 0 Å².